The number of hydrogen-bond donors (Lipinski definition) is 0. The number of rotatable bonds is 4. The van der Waals surface area contributed by atoms with E-state index in [0.717, 1.165) is 5.56 Å². The Kier molecular flexibility index (Phi) is 4.55. The number of benzene rings is 2. The van der Waals surface area contributed by atoms with Crippen molar-refractivity contribution in [3.8, 4) is 0 Å². The van der Waals surface area contributed by atoms with Gasteiger partial charge in [-0.2, -0.15) is 0 Å². The van der Waals surface area contributed by atoms with Gasteiger partial charge in [-0.05, 0) is 23.8 Å². The Morgan fingerprint density at radius 2 is 2.00 bits per heavy atom. The molecular formula is C13H9BrFNO2S. The van der Waals surface area contributed by atoms with Crippen LogP contribution in [0.5, 0.6) is 0 Å². The first-order chi connectivity index (χ1) is 9.08. The summed E-state index contributed by atoms with van der Waals surface area (Å²) < 4.78 is 13.6. The summed E-state index contributed by atoms with van der Waals surface area (Å²) >= 11 is 4.64. The predicted octanol–water partition coefficient (Wildman–Crippen LogP) is 4.79. The SMILES string of the molecule is O=[N+]([O-])c1ccccc1SCc1ccc(F)cc1Br. The van der Waals surface area contributed by atoms with E-state index in [0.29, 0.717) is 15.1 Å². The van der Waals surface area contributed by atoms with E-state index in [-0.39, 0.29) is 11.5 Å². The van der Waals surface area contributed by atoms with E-state index in [9.17, 15) is 14.5 Å². The number of thioether (sulfide) groups is 1. The van der Waals surface area contributed by atoms with Gasteiger partial charge in [-0.1, -0.05) is 34.1 Å². The van der Waals surface area contributed by atoms with Gasteiger partial charge in [0, 0.05) is 16.3 Å². The lowest BCUT2D eigenvalue weighted by molar-refractivity contribution is -0.387. The zero-order chi connectivity index (χ0) is 13.8. The molecular weight excluding hydrogens is 333 g/mol. The number of nitro benzene ring substituents is 1. The number of nitrogens with zero attached hydrogens (tertiary/aromatic N) is 1. The number of halogens is 2. The first-order valence-corrected chi connectivity index (χ1v) is 7.16. The molecule has 0 amide bonds. The molecule has 0 saturated heterocycles. The molecule has 0 aromatic heterocycles. The van der Waals surface area contributed by atoms with Crippen molar-refractivity contribution >= 4 is 33.4 Å². The third-order valence-corrected chi connectivity index (χ3v) is 4.31. The molecule has 0 saturated carbocycles. The average molecular weight is 342 g/mol. The van der Waals surface area contributed by atoms with Crippen molar-refractivity contribution in [2.24, 2.45) is 0 Å². The van der Waals surface area contributed by atoms with Crippen molar-refractivity contribution in [2.75, 3.05) is 0 Å². The van der Waals surface area contributed by atoms with Gasteiger partial charge < -0.3 is 0 Å². The molecule has 19 heavy (non-hydrogen) atoms. The summed E-state index contributed by atoms with van der Waals surface area (Å²) in [6, 6.07) is 11.0. The maximum Gasteiger partial charge on any atom is 0.282 e. The molecule has 3 nitrogen and oxygen atoms in total. The van der Waals surface area contributed by atoms with Crippen molar-refractivity contribution in [3.63, 3.8) is 0 Å². The highest BCUT2D eigenvalue weighted by Gasteiger charge is 2.13. The molecule has 0 aliphatic heterocycles. The number of para-hydroxylation sites is 1. The van der Waals surface area contributed by atoms with Crippen molar-refractivity contribution in [2.45, 2.75) is 10.6 Å². The fourth-order valence-corrected chi connectivity index (χ4v) is 3.23. The van der Waals surface area contributed by atoms with Crippen LogP contribution in [0.15, 0.2) is 51.8 Å². The molecule has 0 atom stereocenters. The zero-order valence-electron chi connectivity index (χ0n) is 9.68. The molecule has 6 heteroatoms. The lowest BCUT2D eigenvalue weighted by Gasteiger charge is -2.05. The molecule has 0 fully saturated rings. The van der Waals surface area contributed by atoms with Crippen LogP contribution in [0.4, 0.5) is 10.1 Å². The van der Waals surface area contributed by atoms with Crippen LogP contribution in [0.1, 0.15) is 5.56 Å². The van der Waals surface area contributed by atoms with E-state index in [1.165, 1.54) is 30.0 Å². The van der Waals surface area contributed by atoms with E-state index < -0.39 is 4.92 Å². The second kappa shape index (κ2) is 6.16. The molecule has 2 aromatic carbocycles. The summed E-state index contributed by atoms with van der Waals surface area (Å²) in [4.78, 5) is 11.1. The van der Waals surface area contributed by atoms with Crippen LogP contribution in [-0.2, 0) is 5.75 Å². The Hall–Kier alpha value is -1.40. The molecule has 2 aromatic rings. The smallest absolute Gasteiger partial charge is 0.258 e. The van der Waals surface area contributed by atoms with Gasteiger partial charge in [-0.15, -0.1) is 11.8 Å². The Bertz CT molecular complexity index is 621. The molecule has 0 aliphatic carbocycles. The van der Waals surface area contributed by atoms with Crippen molar-refractivity contribution < 1.29 is 9.31 Å². The molecule has 0 bridgehead atoms. The Morgan fingerprint density at radius 3 is 2.68 bits per heavy atom. The van der Waals surface area contributed by atoms with Crippen LogP contribution in [-0.4, -0.2) is 4.92 Å². The highest BCUT2D eigenvalue weighted by molar-refractivity contribution is 9.10. The van der Waals surface area contributed by atoms with E-state index in [1.54, 1.807) is 24.3 Å². The maximum absolute atomic E-state index is 13.0. The van der Waals surface area contributed by atoms with E-state index in [2.05, 4.69) is 15.9 Å². The largest absolute Gasteiger partial charge is 0.282 e. The Balaban J connectivity index is 2.17. The standard InChI is InChI=1S/C13H9BrFNO2S/c14-11-7-10(15)6-5-9(11)8-19-13-4-2-1-3-12(13)16(17)18/h1-7H,8H2. The predicted molar refractivity (Wildman–Crippen MR) is 76.8 cm³/mol. The van der Waals surface area contributed by atoms with Gasteiger partial charge in [0.1, 0.15) is 5.82 Å². The highest BCUT2D eigenvalue weighted by atomic mass is 79.9. The van der Waals surface area contributed by atoms with Crippen LogP contribution in [0, 0.1) is 15.9 Å². The molecule has 0 aliphatic rings. The van der Waals surface area contributed by atoms with Gasteiger partial charge in [0.05, 0.1) is 9.82 Å². The minimum Gasteiger partial charge on any atom is -0.258 e. The van der Waals surface area contributed by atoms with Crippen LogP contribution < -0.4 is 0 Å². The summed E-state index contributed by atoms with van der Waals surface area (Å²) in [5, 5.41) is 10.9. The lowest BCUT2D eigenvalue weighted by Crippen LogP contribution is -1.91. The molecule has 0 unspecified atom stereocenters. The molecule has 0 spiro atoms. The molecule has 2 rings (SSSR count). The average Bonchev–Trinajstić information content (AvgIpc) is 2.38. The number of nitro groups is 1. The van der Waals surface area contributed by atoms with E-state index in [1.807, 2.05) is 0 Å². The second-order valence-corrected chi connectivity index (χ2v) is 5.62. The quantitative estimate of drug-likeness (QED) is 0.456. The minimum atomic E-state index is -0.401. The lowest BCUT2D eigenvalue weighted by atomic mass is 10.2. The van der Waals surface area contributed by atoms with Crippen LogP contribution in [0.2, 0.25) is 0 Å². The van der Waals surface area contributed by atoms with E-state index in [4.69, 9.17) is 0 Å². The van der Waals surface area contributed by atoms with Crippen molar-refractivity contribution in [1.82, 2.24) is 0 Å². The zero-order valence-corrected chi connectivity index (χ0v) is 12.1. The monoisotopic (exact) mass is 341 g/mol. The normalized spacial score (nSPS) is 10.4. The third kappa shape index (κ3) is 3.54. The maximum atomic E-state index is 13.0. The topological polar surface area (TPSA) is 43.1 Å². The fourth-order valence-electron chi connectivity index (χ4n) is 1.52. The van der Waals surface area contributed by atoms with Gasteiger partial charge in [-0.3, -0.25) is 10.1 Å². The summed E-state index contributed by atoms with van der Waals surface area (Å²) in [6.45, 7) is 0. The van der Waals surface area contributed by atoms with Crippen molar-refractivity contribution in [3.05, 3.63) is 68.4 Å². The van der Waals surface area contributed by atoms with Gasteiger partial charge in [0.2, 0.25) is 0 Å². The first kappa shape index (κ1) is 14.0. The van der Waals surface area contributed by atoms with Crippen molar-refractivity contribution in [1.29, 1.82) is 0 Å². The summed E-state index contributed by atoms with van der Waals surface area (Å²) in [5.74, 6) is 0.220. The van der Waals surface area contributed by atoms with Crippen LogP contribution >= 0.6 is 27.7 Å². The second-order valence-electron chi connectivity index (χ2n) is 3.75. The highest BCUT2D eigenvalue weighted by Crippen LogP contribution is 2.32. The van der Waals surface area contributed by atoms with Gasteiger partial charge >= 0.3 is 0 Å². The summed E-state index contributed by atoms with van der Waals surface area (Å²) in [6.07, 6.45) is 0. The molecule has 0 heterocycles. The third-order valence-electron chi connectivity index (χ3n) is 2.46. The Morgan fingerprint density at radius 1 is 1.26 bits per heavy atom. The van der Waals surface area contributed by atoms with Gasteiger partial charge in [0.25, 0.3) is 5.69 Å². The van der Waals surface area contributed by atoms with Gasteiger partial charge in [-0.25, -0.2) is 4.39 Å². The first-order valence-electron chi connectivity index (χ1n) is 5.38. The van der Waals surface area contributed by atoms with Crippen LogP contribution in [0.25, 0.3) is 0 Å². The molecule has 0 radical (unpaired) electrons. The summed E-state index contributed by atoms with van der Waals surface area (Å²) in [7, 11) is 0. The molecule has 0 N–H and O–H groups in total. The van der Waals surface area contributed by atoms with Gasteiger partial charge in [0.15, 0.2) is 0 Å². The fraction of sp³-hybridized carbons (Fsp3) is 0.0769. The van der Waals surface area contributed by atoms with Crippen LogP contribution in [0.3, 0.4) is 0 Å². The summed E-state index contributed by atoms with van der Waals surface area (Å²) in [5.41, 5.74) is 0.982. The number of hydrogen-bond acceptors (Lipinski definition) is 3. The van der Waals surface area contributed by atoms with E-state index >= 15 is 0 Å². The molecule has 98 valence electrons. The minimum absolute atomic E-state index is 0.0886. The Labute approximate surface area is 122 Å².